The second-order valence-electron chi connectivity index (χ2n) is 3.19. The zero-order chi connectivity index (χ0) is 10.1. The number of hydrogen-bond donors (Lipinski definition) is 1. The molecule has 0 amide bonds. The predicted molar refractivity (Wildman–Crippen MR) is 51.5 cm³/mol. The molecule has 1 fully saturated rings. The molecule has 14 heavy (non-hydrogen) atoms. The largest absolute Gasteiger partial charge is 0.315 e. The fraction of sp³-hybridized carbons (Fsp3) is 0.375. The van der Waals surface area contributed by atoms with Crippen molar-refractivity contribution in [3.8, 4) is 0 Å². The summed E-state index contributed by atoms with van der Waals surface area (Å²) < 4.78 is 0. The maximum absolute atomic E-state index is 10.6. The van der Waals surface area contributed by atoms with Crippen molar-refractivity contribution in [3.05, 3.63) is 33.1 Å². The first-order chi connectivity index (χ1) is 6.68. The second kappa shape index (κ2) is 3.51. The number of nitro groups is 1. The molecule has 0 saturated carbocycles. The van der Waals surface area contributed by atoms with Gasteiger partial charge in [-0.2, -0.15) is 0 Å². The molecule has 0 aliphatic carbocycles. The van der Waals surface area contributed by atoms with Crippen LogP contribution in [0.1, 0.15) is 11.5 Å². The topological polar surface area (TPSA) is 68.1 Å². The first kappa shape index (κ1) is 9.36. The van der Waals surface area contributed by atoms with Crippen LogP contribution in [-0.2, 0) is 0 Å². The van der Waals surface area contributed by atoms with Crippen LogP contribution in [0.3, 0.4) is 0 Å². The molecule has 1 aliphatic rings. The van der Waals surface area contributed by atoms with Gasteiger partial charge in [-0.3, -0.25) is 10.1 Å². The maximum Gasteiger partial charge on any atom is 0.306 e. The molecule has 2 heterocycles. The third-order valence-electron chi connectivity index (χ3n) is 2.29. The summed E-state index contributed by atoms with van der Waals surface area (Å²) >= 11 is 5.59. The van der Waals surface area contributed by atoms with E-state index in [1.165, 1.54) is 6.07 Å². The summed E-state index contributed by atoms with van der Waals surface area (Å²) in [5, 5.41) is 13.6. The van der Waals surface area contributed by atoms with Crippen LogP contribution >= 0.6 is 11.6 Å². The smallest absolute Gasteiger partial charge is 0.306 e. The van der Waals surface area contributed by atoms with E-state index in [2.05, 4.69) is 10.3 Å². The van der Waals surface area contributed by atoms with Crippen molar-refractivity contribution in [2.45, 2.75) is 5.92 Å². The number of nitrogens with zero attached hydrogens (tertiary/aromatic N) is 2. The van der Waals surface area contributed by atoms with Gasteiger partial charge < -0.3 is 5.32 Å². The van der Waals surface area contributed by atoms with Gasteiger partial charge in [-0.1, -0.05) is 11.6 Å². The van der Waals surface area contributed by atoms with Gasteiger partial charge >= 0.3 is 5.69 Å². The van der Waals surface area contributed by atoms with E-state index in [0.717, 1.165) is 18.7 Å². The lowest BCUT2D eigenvalue weighted by Gasteiger charge is -2.26. The van der Waals surface area contributed by atoms with E-state index in [-0.39, 0.29) is 10.8 Å². The van der Waals surface area contributed by atoms with Gasteiger partial charge in [-0.25, -0.2) is 4.98 Å². The van der Waals surface area contributed by atoms with Crippen LogP contribution in [0, 0.1) is 10.1 Å². The van der Waals surface area contributed by atoms with Crippen LogP contribution in [0.2, 0.25) is 5.15 Å². The number of pyridine rings is 1. The molecule has 0 bridgehead atoms. The zero-order valence-electron chi connectivity index (χ0n) is 7.24. The Balaban J connectivity index is 2.34. The molecule has 6 heteroatoms. The van der Waals surface area contributed by atoms with E-state index in [1.54, 1.807) is 6.20 Å². The van der Waals surface area contributed by atoms with E-state index < -0.39 is 4.92 Å². The lowest BCUT2D eigenvalue weighted by atomic mass is 9.95. The molecule has 74 valence electrons. The fourth-order valence-corrected chi connectivity index (χ4v) is 1.50. The Hall–Kier alpha value is -1.20. The van der Waals surface area contributed by atoms with Crippen LogP contribution in [0.25, 0.3) is 0 Å². The molecule has 0 radical (unpaired) electrons. The molecule has 0 unspecified atom stereocenters. The Labute approximate surface area is 85.2 Å². The van der Waals surface area contributed by atoms with Gasteiger partial charge in [0.05, 0.1) is 4.92 Å². The van der Waals surface area contributed by atoms with Crippen LogP contribution in [0.15, 0.2) is 12.3 Å². The quantitative estimate of drug-likeness (QED) is 0.457. The Morgan fingerprint density at radius 3 is 2.86 bits per heavy atom. The third-order valence-corrected chi connectivity index (χ3v) is 2.58. The normalized spacial score (nSPS) is 16.4. The van der Waals surface area contributed by atoms with Gasteiger partial charge in [0.1, 0.15) is 0 Å². The minimum Gasteiger partial charge on any atom is -0.315 e. The predicted octanol–water partition coefficient (Wildman–Crippen LogP) is 1.33. The van der Waals surface area contributed by atoms with Crippen molar-refractivity contribution in [2.75, 3.05) is 13.1 Å². The molecule has 1 N–H and O–H groups in total. The molecule has 5 nitrogen and oxygen atoms in total. The molecular formula is C8H8ClN3O2. The van der Waals surface area contributed by atoms with Crippen LogP contribution in [-0.4, -0.2) is 23.0 Å². The Morgan fingerprint density at radius 1 is 1.64 bits per heavy atom. The van der Waals surface area contributed by atoms with Crippen molar-refractivity contribution >= 4 is 17.3 Å². The standard InChI is InChI=1S/C8H8ClN3O2/c9-8-7(12(13)14)1-5(4-11-8)6-2-10-3-6/h1,4,6,10H,2-3H2. The average molecular weight is 214 g/mol. The summed E-state index contributed by atoms with van der Waals surface area (Å²) in [6.45, 7) is 1.70. The van der Waals surface area contributed by atoms with E-state index in [4.69, 9.17) is 11.6 Å². The highest BCUT2D eigenvalue weighted by atomic mass is 35.5. The Morgan fingerprint density at radius 2 is 2.36 bits per heavy atom. The first-order valence-corrected chi connectivity index (χ1v) is 4.57. The van der Waals surface area contributed by atoms with Gasteiger partial charge in [0.15, 0.2) is 0 Å². The maximum atomic E-state index is 10.6. The summed E-state index contributed by atoms with van der Waals surface area (Å²) in [7, 11) is 0. The molecular weight excluding hydrogens is 206 g/mol. The van der Waals surface area contributed by atoms with Gasteiger partial charge in [-0.05, 0) is 5.56 Å². The van der Waals surface area contributed by atoms with Crippen molar-refractivity contribution in [2.24, 2.45) is 0 Å². The van der Waals surface area contributed by atoms with Crippen LogP contribution in [0.4, 0.5) is 5.69 Å². The highest BCUT2D eigenvalue weighted by Gasteiger charge is 2.23. The minimum absolute atomic E-state index is 0.0500. The molecule has 1 aromatic heterocycles. The summed E-state index contributed by atoms with van der Waals surface area (Å²) in [5.74, 6) is 0.332. The van der Waals surface area contributed by atoms with E-state index in [0.29, 0.717) is 5.92 Å². The zero-order valence-corrected chi connectivity index (χ0v) is 7.99. The summed E-state index contributed by atoms with van der Waals surface area (Å²) in [5.41, 5.74) is 0.760. The van der Waals surface area contributed by atoms with E-state index in [9.17, 15) is 10.1 Å². The SMILES string of the molecule is O=[N+]([O-])c1cc(C2CNC2)cnc1Cl. The number of aromatic nitrogens is 1. The number of nitrogens with one attached hydrogen (secondary N) is 1. The fourth-order valence-electron chi connectivity index (χ4n) is 1.33. The van der Waals surface area contributed by atoms with Gasteiger partial charge in [0, 0.05) is 31.3 Å². The molecule has 1 aliphatic heterocycles. The third kappa shape index (κ3) is 1.56. The van der Waals surface area contributed by atoms with E-state index in [1.807, 2.05) is 0 Å². The molecule has 0 atom stereocenters. The molecule has 0 spiro atoms. The summed E-state index contributed by atoms with van der Waals surface area (Å²) in [6, 6.07) is 1.50. The van der Waals surface area contributed by atoms with E-state index >= 15 is 0 Å². The summed E-state index contributed by atoms with van der Waals surface area (Å²) in [6.07, 6.45) is 1.60. The lowest BCUT2D eigenvalue weighted by molar-refractivity contribution is -0.385. The molecule has 2 rings (SSSR count). The first-order valence-electron chi connectivity index (χ1n) is 4.19. The molecule has 1 aromatic rings. The lowest BCUT2D eigenvalue weighted by Crippen LogP contribution is -2.39. The Bertz CT molecular complexity index is 379. The van der Waals surface area contributed by atoms with Crippen LogP contribution < -0.4 is 5.32 Å². The Kier molecular flexibility index (Phi) is 2.35. The van der Waals surface area contributed by atoms with Crippen molar-refractivity contribution in [3.63, 3.8) is 0 Å². The van der Waals surface area contributed by atoms with Crippen molar-refractivity contribution in [1.29, 1.82) is 0 Å². The summed E-state index contributed by atoms with van der Waals surface area (Å²) in [4.78, 5) is 13.9. The number of rotatable bonds is 2. The minimum atomic E-state index is -0.509. The van der Waals surface area contributed by atoms with Gasteiger partial charge in [0.25, 0.3) is 0 Å². The highest BCUT2D eigenvalue weighted by Crippen LogP contribution is 2.27. The average Bonchev–Trinajstić information content (AvgIpc) is 2.04. The highest BCUT2D eigenvalue weighted by molar-refractivity contribution is 6.31. The van der Waals surface area contributed by atoms with Crippen molar-refractivity contribution in [1.82, 2.24) is 10.3 Å². The van der Waals surface area contributed by atoms with Crippen LogP contribution in [0.5, 0.6) is 0 Å². The molecule has 1 saturated heterocycles. The van der Waals surface area contributed by atoms with Gasteiger partial charge in [-0.15, -0.1) is 0 Å². The monoisotopic (exact) mass is 213 g/mol. The number of halogens is 1. The second-order valence-corrected chi connectivity index (χ2v) is 3.55. The number of hydrogen-bond acceptors (Lipinski definition) is 4. The van der Waals surface area contributed by atoms with Crippen molar-refractivity contribution < 1.29 is 4.92 Å². The van der Waals surface area contributed by atoms with Gasteiger partial charge in [0.2, 0.25) is 5.15 Å². The molecule has 0 aromatic carbocycles.